The number of hydrogen-bond donors (Lipinski definition) is 3. The minimum absolute atomic E-state index is 0.0622. The lowest BCUT2D eigenvalue weighted by Crippen LogP contribution is -2.30. The first-order valence-electron chi connectivity index (χ1n) is 9.95. The number of carbonyl (C=O) groups excluding carboxylic acids is 2. The van der Waals surface area contributed by atoms with Crippen LogP contribution < -0.4 is 25.2 Å². The summed E-state index contributed by atoms with van der Waals surface area (Å²) in [6.07, 6.45) is 1.47. The van der Waals surface area contributed by atoms with E-state index in [9.17, 15) is 18.0 Å². The molecule has 4 N–H and O–H groups in total. The summed E-state index contributed by atoms with van der Waals surface area (Å²) < 4.78 is 33.5. The molecule has 0 aliphatic carbocycles. The van der Waals surface area contributed by atoms with Gasteiger partial charge in [0.15, 0.2) is 0 Å². The molecule has 10 heteroatoms. The Labute approximate surface area is 197 Å². The zero-order chi connectivity index (χ0) is 24.7. The average molecular weight is 482 g/mol. The molecule has 0 spiro atoms. The summed E-state index contributed by atoms with van der Waals surface area (Å²) in [6.45, 7) is 0. The molecule has 0 heterocycles. The molecule has 0 unspecified atom stereocenters. The van der Waals surface area contributed by atoms with Gasteiger partial charge in [-0.3, -0.25) is 9.59 Å². The Morgan fingerprint density at radius 2 is 1.59 bits per heavy atom. The zero-order valence-electron chi connectivity index (χ0n) is 18.4. The number of anilines is 1. The fourth-order valence-electron chi connectivity index (χ4n) is 2.96. The van der Waals surface area contributed by atoms with Gasteiger partial charge in [-0.1, -0.05) is 18.2 Å². The summed E-state index contributed by atoms with van der Waals surface area (Å²) in [4.78, 5) is 25.7. The van der Waals surface area contributed by atoms with E-state index in [1.165, 1.54) is 44.6 Å². The van der Waals surface area contributed by atoms with Gasteiger partial charge < -0.3 is 20.1 Å². The van der Waals surface area contributed by atoms with Gasteiger partial charge in [0.05, 0.1) is 19.1 Å². The van der Waals surface area contributed by atoms with E-state index in [4.69, 9.17) is 14.6 Å². The summed E-state index contributed by atoms with van der Waals surface area (Å²) in [6, 6.07) is 18.7. The van der Waals surface area contributed by atoms with Crippen molar-refractivity contribution in [3.8, 4) is 11.5 Å². The van der Waals surface area contributed by atoms with Gasteiger partial charge in [-0.05, 0) is 54.6 Å². The molecule has 0 radical (unpaired) electrons. The lowest BCUT2D eigenvalue weighted by molar-refractivity contribution is -0.113. The molecule has 3 aromatic rings. The second kappa shape index (κ2) is 10.6. The number of amides is 2. The van der Waals surface area contributed by atoms with Crippen LogP contribution in [0.4, 0.5) is 5.69 Å². The van der Waals surface area contributed by atoms with Gasteiger partial charge in [0.25, 0.3) is 11.8 Å². The van der Waals surface area contributed by atoms with Crippen LogP contribution in [0.15, 0.2) is 83.4 Å². The van der Waals surface area contributed by atoms with Crippen LogP contribution in [0.2, 0.25) is 0 Å². The molecule has 0 atom stereocenters. The van der Waals surface area contributed by atoms with E-state index in [-0.39, 0.29) is 10.6 Å². The van der Waals surface area contributed by atoms with Crippen LogP contribution in [0.25, 0.3) is 6.08 Å². The van der Waals surface area contributed by atoms with Crippen molar-refractivity contribution in [3.63, 3.8) is 0 Å². The van der Waals surface area contributed by atoms with Gasteiger partial charge in [-0.2, -0.15) is 0 Å². The average Bonchev–Trinajstić information content (AvgIpc) is 2.84. The van der Waals surface area contributed by atoms with E-state index >= 15 is 0 Å². The summed E-state index contributed by atoms with van der Waals surface area (Å²) in [7, 11) is -0.878. The molecular formula is C24H23N3O6S. The van der Waals surface area contributed by atoms with Crippen molar-refractivity contribution >= 4 is 33.6 Å². The Hall–Kier alpha value is -4.15. The highest BCUT2D eigenvalue weighted by Gasteiger charge is 2.17. The summed E-state index contributed by atoms with van der Waals surface area (Å²) in [5.41, 5.74) is 1.12. The Morgan fingerprint density at radius 1 is 0.912 bits per heavy atom. The molecular weight excluding hydrogens is 458 g/mol. The first kappa shape index (κ1) is 24.5. The summed E-state index contributed by atoms with van der Waals surface area (Å²) in [5, 5.41) is 10.4. The highest BCUT2D eigenvalue weighted by atomic mass is 32.2. The molecule has 0 aliphatic rings. The third kappa shape index (κ3) is 6.21. The Bertz CT molecular complexity index is 1320. The number of benzene rings is 3. The predicted molar refractivity (Wildman–Crippen MR) is 128 cm³/mol. The number of primary sulfonamides is 1. The monoisotopic (exact) mass is 481 g/mol. The highest BCUT2D eigenvalue weighted by molar-refractivity contribution is 7.89. The van der Waals surface area contributed by atoms with E-state index in [0.29, 0.717) is 28.3 Å². The first-order valence-corrected chi connectivity index (χ1v) is 11.5. The normalized spacial score (nSPS) is 11.4. The molecule has 176 valence electrons. The molecule has 0 aliphatic heterocycles. The Kier molecular flexibility index (Phi) is 7.67. The van der Waals surface area contributed by atoms with Crippen molar-refractivity contribution in [2.24, 2.45) is 5.14 Å². The molecule has 0 saturated heterocycles. The molecule has 0 saturated carbocycles. The predicted octanol–water partition coefficient (Wildman–Crippen LogP) is 2.76. The van der Waals surface area contributed by atoms with Crippen LogP contribution in [0.3, 0.4) is 0 Å². The first-order chi connectivity index (χ1) is 16.2. The van der Waals surface area contributed by atoms with Gasteiger partial charge in [0.1, 0.15) is 17.2 Å². The summed E-state index contributed by atoms with van der Waals surface area (Å²) in [5.74, 6) is -0.135. The number of methoxy groups -OCH3 is 2. The van der Waals surface area contributed by atoms with Crippen LogP contribution in [0.5, 0.6) is 11.5 Å². The van der Waals surface area contributed by atoms with Crippen LogP contribution >= 0.6 is 0 Å². The number of nitrogens with one attached hydrogen (secondary N) is 2. The number of nitrogens with two attached hydrogens (primary N) is 1. The lowest BCUT2D eigenvalue weighted by Gasteiger charge is -2.13. The van der Waals surface area contributed by atoms with Crippen molar-refractivity contribution in [3.05, 3.63) is 89.6 Å². The third-order valence-corrected chi connectivity index (χ3v) is 5.64. The number of sulfonamides is 1. The van der Waals surface area contributed by atoms with Crippen molar-refractivity contribution in [1.29, 1.82) is 0 Å². The van der Waals surface area contributed by atoms with Gasteiger partial charge in [-0.15, -0.1) is 0 Å². The largest absolute Gasteiger partial charge is 0.497 e. The van der Waals surface area contributed by atoms with Crippen LogP contribution in [0.1, 0.15) is 15.9 Å². The Morgan fingerprint density at radius 3 is 2.18 bits per heavy atom. The van der Waals surface area contributed by atoms with E-state index in [1.807, 2.05) is 0 Å². The topological polar surface area (TPSA) is 137 Å². The Balaban J connectivity index is 1.95. The summed E-state index contributed by atoms with van der Waals surface area (Å²) >= 11 is 0. The fraction of sp³-hybridized carbons (Fsp3) is 0.0833. The zero-order valence-corrected chi connectivity index (χ0v) is 19.3. The molecule has 9 nitrogen and oxygen atoms in total. The molecule has 0 aromatic heterocycles. The van der Waals surface area contributed by atoms with Crippen LogP contribution in [-0.2, 0) is 14.8 Å². The maximum atomic E-state index is 13.1. The fourth-order valence-corrected chi connectivity index (χ4v) is 3.48. The number of ether oxygens (including phenoxy) is 2. The second-order valence-corrected chi connectivity index (χ2v) is 8.57. The number of hydrogen-bond acceptors (Lipinski definition) is 6. The van der Waals surface area contributed by atoms with Gasteiger partial charge in [-0.25, -0.2) is 13.6 Å². The van der Waals surface area contributed by atoms with Crippen LogP contribution in [0, 0.1) is 0 Å². The van der Waals surface area contributed by atoms with Crippen molar-refractivity contribution in [1.82, 2.24) is 5.32 Å². The standard InChI is InChI=1S/C24H23N3O6S/c1-32-19-11-8-17(22(15-19)33-2)14-21(27-23(28)16-6-4-3-5-7-16)24(29)26-18-9-12-20(13-10-18)34(25,30)31/h3-15H,1-2H3,(H,26,29)(H,27,28)(H2,25,30,31)/b21-14+. The molecule has 0 fully saturated rings. The smallest absolute Gasteiger partial charge is 0.272 e. The van der Waals surface area contributed by atoms with E-state index in [0.717, 1.165) is 0 Å². The van der Waals surface area contributed by atoms with Gasteiger partial charge in [0, 0.05) is 22.9 Å². The SMILES string of the molecule is COc1ccc(/C=C(/NC(=O)c2ccccc2)C(=O)Nc2ccc(S(N)(=O)=O)cc2)c(OC)c1. The van der Waals surface area contributed by atoms with Crippen molar-refractivity contribution < 1.29 is 27.5 Å². The number of rotatable bonds is 8. The second-order valence-electron chi connectivity index (χ2n) is 7.01. The molecule has 3 aromatic carbocycles. The van der Waals surface area contributed by atoms with Gasteiger partial charge >= 0.3 is 0 Å². The quantitative estimate of drug-likeness (QED) is 0.423. The van der Waals surface area contributed by atoms with Gasteiger partial charge in [0.2, 0.25) is 10.0 Å². The highest BCUT2D eigenvalue weighted by Crippen LogP contribution is 2.26. The molecule has 0 bridgehead atoms. The van der Waals surface area contributed by atoms with E-state index < -0.39 is 21.8 Å². The molecule has 2 amide bonds. The lowest BCUT2D eigenvalue weighted by atomic mass is 10.1. The van der Waals surface area contributed by atoms with Crippen LogP contribution in [-0.4, -0.2) is 34.5 Å². The maximum absolute atomic E-state index is 13.1. The number of carbonyl (C=O) groups is 2. The minimum atomic E-state index is -3.87. The molecule has 34 heavy (non-hydrogen) atoms. The van der Waals surface area contributed by atoms with Crippen molar-refractivity contribution in [2.45, 2.75) is 4.90 Å². The third-order valence-electron chi connectivity index (χ3n) is 4.71. The molecule has 3 rings (SSSR count). The maximum Gasteiger partial charge on any atom is 0.272 e. The van der Waals surface area contributed by atoms with E-state index in [1.54, 1.807) is 48.5 Å². The minimum Gasteiger partial charge on any atom is -0.497 e. The van der Waals surface area contributed by atoms with Crippen molar-refractivity contribution in [2.75, 3.05) is 19.5 Å². The van der Waals surface area contributed by atoms with E-state index in [2.05, 4.69) is 10.6 Å².